The molecule has 0 aliphatic carbocycles. The molecule has 2 N–H and O–H groups in total. The van der Waals surface area contributed by atoms with Crippen LogP contribution in [0, 0.1) is 12.8 Å². The highest BCUT2D eigenvalue weighted by Crippen LogP contribution is 2.21. The molecule has 1 aromatic rings. The van der Waals surface area contributed by atoms with Gasteiger partial charge in [-0.1, -0.05) is 35.8 Å². The number of anilines is 1. The normalized spacial score (nSPS) is 11.8. The van der Waals surface area contributed by atoms with Crippen molar-refractivity contribution in [2.45, 2.75) is 20.8 Å². The molecule has 0 aliphatic rings. The Morgan fingerprint density at radius 1 is 1.35 bits per heavy atom. The Hall–Kier alpha value is -0.590. The van der Waals surface area contributed by atoms with E-state index in [1.807, 2.05) is 26.8 Å². The molecule has 0 radical (unpaired) electrons. The molecule has 96 valence electrons. The van der Waals surface area contributed by atoms with Gasteiger partial charge in [0.05, 0.1) is 5.69 Å². The third-order valence-electron chi connectivity index (χ3n) is 2.11. The molecule has 0 aromatic heterocycles. The standard InChI is InChI=1S/C11H17BrN2O2S/c1-8(2)7-13-17(15,16)14-10-5-4-9(3)11(12)6-10/h4-6,8,13-14H,7H2,1-3H3. The smallest absolute Gasteiger partial charge is 0.271 e. The Bertz CT molecular complexity index is 486. The van der Waals surface area contributed by atoms with Gasteiger partial charge in [-0.25, -0.2) is 0 Å². The first-order chi connectivity index (χ1) is 7.80. The zero-order valence-electron chi connectivity index (χ0n) is 10.1. The molecule has 0 unspecified atom stereocenters. The molecule has 0 fully saturated rings. The average Bonchev–Trinajstić information content (AvgIpc) is 2.21. The summed E-state index contributed by atoms with van der Waals surface area (Å²) >= 11 is 3.36. The van der Waals surface area contributed by atoms with Crippen molar-refractivity contribution >= 4 is 31.8 Å². The van der Waals surface area contributed by atoms with Crippen molar-refractivity contribution in [3.8, 4) is 0 Å². The zero-order valence-corrected chi connectivity index (χ0v) is 12.5. The van der Waals surface area contributed by atoms with Crippen molar-refractivity contribution in [2.75, 3.05) is 11.3 Å². The molecule has 1 aromatic carbocycles. The Morgan fingerprint density at radius 3 is 2.53 bits per heavy atom. The lowest BCUT2D eigenvalue weighted by molar-refractivity contribution is 0.565. The highest BCUT2D eigenvalue weighted by atomic mass is 79.9. The van der Waals surface area contributed by atoms with Gasteiger partial charge in [-0.05, 0) is 30.5 Å². The molecule has 0 amide bonds. The molecule has 0 saturated carbocycles. The third-order valence-corrected chi connectivity index (χ3v) is 4.01. The van der Waals surface area contributed by atoms with E-state index >= 15 is 0 Å². The maximum Gasteiger partial charge on any atom is 0.299 e. The van der Waals surface area contributed by atoms with Crippen LogP contribution in [-0.4, -0.2) is 15.0 Å². The van der Waals surface area contributed by atoms with Crippen molar-refractivity contribution in [1.82, 2.24) is 4.72 Å². The highest BCUT2D eigenvalue weighted by molar-refractivity contribution is 9.10. The first kappa shape index (κ1) is 14.5. The summed E-state index contributed by atoms with van der Waals surface area (Å²) in [6.45, 7) is 6.26. The lowest BCUT2D eigenvalue weighted by atomic mass is 10.2. The molecule has 0 bridgehead atoms. The number of halogens is 1. The van der Waals surface area contributed by atoms with E-state index in [0.29, 0.717) is 12.2 Å². The second-order valence-electron chi connectivity index (χ2n) is 4.31. The molecular formula is C11H17BrN2O2S. The maximum atomic E-state index is 11.7. The minimum atomic E-state index is -3.48. The molecular weight excluding hydrogens is 304 g/mol. The maximum absolute atomic E-state index is 11.7. The van der Waals surface area contributed by atoms with Crippen LogP contribution in [0.25, 0.3) is 0 Å². The third kappa shape index (κ3) is 5.06. The molecule has 0 atom stereocenters. The molecule has 17 heavy (non-hydrogen) atoms. The van der Waals surface area contributed by atoms with Crippen LogP contribution in [0.5, 0.6) is 0 Å². The summed E-state index contributed by atoms with van der Waals surface area (Å²) in [7, 11) is -3.48. The summed E-state index contributed by atoms with van der Waals surface area (Å²) in [5.74, 6) is 0.274. The van der Waals surface area contributed by atoms with Crippen LogP contribution < -0.4 is 9.44 Å². The van der Waals surface area contributed by atoms with Crippen molar-refractivity contribution in [1.29, 1.82) is 0 Å². The van der Waals surface area contributed by atoms with E-state index in [-0.39, 0.29) is 5.92 Å². The molecule has 0 saturated heterocycles. The molecule has 0 heterocycles. The number of hydrogen-bond acceptors (Lipinski definition) is 2. The summed E-state index contributed by atoms with van der Waals surface area (Å²) in [5.41, 5.74) is 1.60. The van der Waals surface area contributed by atoms with Gasteiger partial charge >= 0.3 is 0 Å². The topological polar surface area (TPSA) is 58.2 Å². The van der Waals surface area contributed by atoms with Crippen LogP contribution >= 0.6 is 15.9 Å². The van der Waals surface area contributed by atoms with Gasteiger partial charge in [0, 0.05) is 11.0 Å². The van der Waals surface area contributed by atoms with E-state index in [1.54, 1.807) is 12.1 Å². The Morgan fingerprint density at radius 2 is 2.00 bits per heavy atom. The van der Waals surface area contributed by atoms with E-state index in [2.05, 4.69) is 25.4 Å². The first-order valence-electron chi connectivity index (χ1n) is 5.34. The molecule has 0 aliphatic heterocycles. The summed E-state index contributed by atoms with van der Waals surface area (Å²) in [6, 6.07) is 5.32. The summed E-state index contributed by atoms with van der Waals surface area (Å²) in [5, 5.41) is 0. The van der Waals surface area contributed by atoms with Crippen molar-refractivity contribution in [3.63, 3.8) is 0 Å². The fourth-order valence-corrected chi connectivity index (χ4v) is 2.56. The number of rotatable bonds is 5. The van der Waals surface area contributed by atoms with Crippen LogP contribution in [0.3, 0.4) is 0 Å². The lowest BCUT2D eigenvalue weighted by Gasteiger charge is -2.11. The van der Waals surface area contributed by atoms with Gasteiger partial charge in [0.25, 0.3) is 10.2 Å². The van der Waals surface area contributed by atoms with E-state index < -0.39 is 10.2 Å². The van der Waals surface area contributed by atoms with Crippen LogP contribution in [0.15, 0.2) is 22.7 Å². The van der Waals surface area contributed by atoms with Gasteiger partial charge in [-0.2, -0.15) is 13.1 Å². The van der Waals surface area contributed by atoms with Gasteiger partial charge < -0.3 is 0 Å². The second kappa shape index (κ2) is 5.84. The van der Waals surface area contributed by atoms with Crippen molar-refractivity contribution in [3.05, 3.63) is 28.2 Å². The first-order valence-corrected chi connectivity index (χ1v) is 7.61. The summed E-state index contributed by atoms with van der Waals surface area (Å²) in [4.78, 5) is 0. The highest BCUT2D eigenvalue weighted by Gasteiger charge is 2.10. The largest absolute Gasteiger partial charge is 0.299 e. The fraction of sp³-hybridized carbons (Fsp3) is 0.455. The van der Waals surface area contributed by atoms with Crippen LogP contribution in [0.1, 0.15) is 19.4 Å². The van der Waals surface area contributed by atoms with Crippen LogP contribution in [-0.2, 0) is 10.2 Å². The molecule has 6 heteroatoms. The van der Waals surface area contributed by atoms with Gasteiger partial charge in [0.1, 0.15) is 0 Å². The lowest BCUT2D eigenvalue weighted by Crippen LogP contribution is -2.32. The van der Waals surface area contributed by atoms with Crippen molar-refractivity contribution in [2.24, 2.45) is 5.92 Å². The Labute approximate surface area is 111 Å². The SMILES string of the molecule is Cc1ccc(NS(=O)(=O)NCC(C)C)cc1Br. The Balaban J connectivity index is 2.73. The van der Waals surface area contributed by atoms with Gasteiger partial charge in [0.15, 0.2) is 0 Å². The second-order valence-corrected chi connectivity index (χ2v) is 6.67. The minimum absolute atomic E-state index is 0.274. The molecule has 1 rings (SSSR count). The predicted molar refractivity (Wildman–Crippen MR) is 74.3 cm³/mol. The number of nitrogens with one attached hydrogen (secondary N) is 2. The summed E-state index contributed by atoms with van der Waals surface area (Å²) < 4.78 is 29.2. The predicted octanol–water partition coefficient (Wildman–Crippen LogP) is 2.66. The number of aryl methyl sites for hydroxylation is 1. The van der Waals surface area contributed by atoms with Crippen molar-refractivity contribution < 1.29 is 8.42 Å². The van der Waals surface area contributed by atoms with E-state index in [0.717, 1.165) is 10.0 Å². The number of hydrogen-bond donors (Lipinski definition) is 2. The summed E-state index contributed by atoms with van der Waals surface area (Å²) in [6.07, 6.45) is 0. The van der Waals surface area contributed by atoms with E-state index in [9.17, 15) is 8.42 Å². The van der Waals surface area contributed by atoms with Gasteiger partial charge in [-0.3, -0.25) is 4.72 Å². The van der Waals surface area contributed by atoms with Crippen LogP contribution in [0.4, 0.5) is 5.69 Å². The fourth-order valence-electron chi connectivity index (χ4n) is 1.12. The molecule has 0 spiro atoms. The zero-order chi connectivity index (χ0) is 13.1. The minimum Gasteiger partial charge on any atom is -0.271 e. The van der Waals surface area contributed by atoms with Gasteiger partial charge in [-0.15, -0.1) is 0 Å². The monoisotopic (exact) mass is 320 g/mol. The quantitative estimate of drug-likeness (QED) is 0.876. The van der Waals surface area contributed by atoms with Crippen LogP contribution in [0.2, 0.25) is 0 Å². The Kier molecular flexibility index (Phi) is 4.97. The average molecular weight is 321 g/mol. The van der Waals surface area contributed by atoms with E-state index in [1.165, 1.54) is 0 Å². The number of benzene rings is 1. The molecule has 4 nitrogen and oxygen atoms in total. The van der Waals surface area contributed by atoms with E-state index in [4.69, 9.17) is 0 Å². The van der Waals surface area contributed by atoms with Gasteiger partial charge in [0.2, 0.25) is 0 Å².